The summed E-state index contributed by atoms with van der Waals surface area (Å²) in [5.41, 5.74) is 2.49. The minimum absolute atomic E-state index is 0.649. The van der Waals surface area contributed by atoms with Crippen LogP contribution in [0.1, 0.15) is 36.8 Å². The van der Waals surface area contributed by atoms with Crippen LogP contribution in [-0.2, 0) is 16.6 Å². The van der Waals surface area contributed by atoms with Crippen LogP contribution in [0.4, 0.5) is 0 Å². The van der Waals surface area contributed by atoms with Gasteiger partial charge < -0.3 is 5.32 Å². The highest BCUT2D eigenvalue weighted by Gasteiger charge is 2.25. The molecule has 0 aliphatic heterocycles. The lowest BCUT2D eigenvalue weighted by molar-refractivity contribution is 0.416. The van der Waals surface area contributed by atoms with Gasteiger partial charge in [-0.1, -0.05) is 30.7 Å². The SMILES string of the molecule is CNC1CCCC1CCS(=O)Cc1ccccc1C. The molecule has 1 aliphatic carbocycles. The molecule has 2 nitrogen and oxygen atoms in total. The van der Waals surface area contributed by atoms with Crippen molar-refractivity contribution in [2.45, 2.75) is 44.4 Å². The Bertz CT molecular complexity index is 433. The third kappa shape index (κ3) is 4.15. The van der Waals surface area contributed by atoms with E-state index in [2.05, 4.69) is 24.4 Å². The first-order valence-corrected chi connectivity index (χ1v) is 8.76. The Morgan fingerprint density at radius 3 is 2.84 bits per heavy atom. The summed E-state index contributed by atoms with van der Waals surface area (Å²) in [7, 11) is 1.33. The Labute approximate surface area is 119 Å². The van der Waals surface area contributed by atoms with E-state index in [1.54, 1.807) is 0 Å². The monoisotopic (exact) mass is 279 g/mol. The lowest BCUT2D eigenvalue weighted by atomic mass is 10.0. The Hall–Kier alpha value is -0.670. The van der Waals surface area contributed by atoms with E-state index < -0.39 is 10.8 Å². The van der Waals surface area contributed by atoms with Crippen LogP contribution < -0.4 is 5.32 Å². The fourth-order valence-electron chi connectivity index (χ4n) is 3.06. The summed E-state index contributed by atoms with van der Waals surface area (Å²) in [6.07, 6.45) is 5.00. The molecule has 0 amide bonds. The molecule has 1 fully saturated rings. The van der Waals surface area contributed by atoms with Gasteiger partial charge in [-0.2, -0.15) is 0 Å². The first-order valence-electron chi connectivity index (χ1n) is 7.27. The van der Waals surface area contributed by atoms with Gasteiger partial charge >= 0.3 is 0 Å². The number of aryl methyl sites for hydroxylation is 1. The fraction of sp³-hybridized carbons (Fsp3) is 0.625. The molecule has 3 atom stereocenters. The Morgan fingerprint density at radius 1 is 1.32 bits per heavy atom. The van der Waals surface area contributed by atoms with Crippen molar-refractivity contribution in [1.29, 1.82) is 0 Å². The molecule has 3 unspecified atom stereocenters. The van der Waals surface area contributed by atoms with Crippen LogP contribution >= 0.6 is 0 Å². The molecule has 2 rings (SSSR count). The van der Waals surface area contributed by atoms with Gasteiger partial charge in [0.25, 0.3) is 0 Å². The lowest BCUT2D eigenvalue weighted by Gasteiger charge is -2.18. The van der Waals surface area contributed by atoms with Gasteiger partial charge in [-0.15, -0.1) is 0 Å². The van der Waals surface area contributed by atoms with Crippen molar-refractivity contribution in [3.63, 3.8) is 0 Å². The summed E-state index contributed by atoms with van der Waals surface area (Å²) in [4.78, 5) is 0. The quantitative estimate of drug-likeness (QED) is 0.867. The second-order valence-electron chi connectivity index (χ2n) is 5.59. The maximum atomic E-state index is 12.2. The maximum absolute atomic E-state index is 12.2. The molecule has 106 valence electrons. The van der Waals surface area contributed by atoms with Crippen LogP contribution in [0.5, 0.6) is 0 Å². The zero-order valence-electron chi connectivity index (χ0n) is 12.0. The molecule has 0 spiro atoms. The van der Waals surface area contributed by atoms with Gasteiger partial charge in [0.2, 0.25) is 0 Å². The van der Waals surface area contributed by atoms with E-state index in [0.717, 1.165) is 18.1 Å². The lowest BCUT2D eigenvalue weighted by Crippen LogP contribution is -2.29. The maximum Gasteiger partial charge on any atom is 0.0488 e. The van der Waals surface area contributed by atoms with Crippen LogP contribution in [-0.4, -0.2) is 23.1 Å². The molecule has 1 aliphatic rings. The van der Waals surface area contributed by atoms with Crippen molar-refractivity contribution < 1.29 is 4.21 Å². The summed E-state index contributed by atoms with van der Waals surface area (Å²) >= 11 is 0. The average molecular weight is 279 g/mol. The predicted molar refractivity (Wildman–Crippen MR) is 82.7 cm³/mol. The molecule has 0 saturated heterocycles. The van der Waals surface area contributed by atoms with Gasteiger partial charge in [0, 0.05) is 28.3 Å². The summed E-state index contributed by atoms with van der Waals surface area (Å²) in [5.74, 6) is 2.28. The van der Waals surface area contributed by atoms with Gasteiger partial charge in [0.15, 0.2) is 0 Å². The zero-order chi connectivity index (χ0) is 13.7. The molecule has 1 aromatic rings. The van der Waals surface area contributed by atoms with E-state index in [-0.39, 0.29) is 0 Å². The van der Waals surface area contributed by atoms with E-state index in [1.807, 2.05) is 19.2 Å². The zero-order valence-corrected chi connectivity index (χ0v) is 12.8. The van der Waals surface area contributed by atoms with Crippen LogP contribution in [0.2, 0.25) is 0 Å². The Kier molecular flexibility index (Phi) is 5.59. The molecule has 0 heterocycles. The second kappa shape index (κ2) is 7.20. The molecule has 0 bridgehead atoms. The highest BCUT2D eigenvalue weighted by Crippen LogP contribution is 2.28. The van der Waals surface area contributed by atoms with Crippen molar-refractivity contribution in [3.8, 4) is 0 Å². The molecular weight excluding hydrogens is 254 g/mol. The molecular formula is C16H25NOS. The van der Waals surface area contributed by atoms with Crippen LogP contribution in [0, 0.1) is 12.8 Å². The highest BCUT2D eigenvalue weighted by atomic mass is 32.2. The van der Waals surface area contributed by atoms with E-state index in [9.17, 15) is 4.21 Å². The number of hydrogen-bond acceptors (Lipinski definition) is 2. The first-order chi connectivity index (χ1) is 9.20. The van der Waals surface area contributed by atoms with Gasteiger partial charge in [-0.25, -0.2) is 0 Å². The van der Waals surface area contributed by atoms with Gasteiger partial charge in [0.1, 0.15) is 0 Å². The molecule has 1 saturated carbocycles. The molecule has 0 radical (unpaired) electrons. The predicted octanol–water partition coefficient (Wildman–Crippen LogP) is 3.02. The Morgan fingerprint density at radius 2 is 2.11 bits per heavy atom. The largest absolute Gasteiger partial charge is 0.317 e. The molecule has 3 heteroatoms. The van der Waals surface area contributed by atoms with E-state index in [0.29, 0.717) is 11.8 Å². The van der Waals surface area contributed by atoms with Crippen LogP contribution in [0.25, 0.3) is 0 Å². The van der Waals surface area contributed by atoms with Gasteiger partial charge in [0.05, 0.1) is 0 Å². The van der Waals surface area contributed by atoms with E-state index >= 15 is 0 Å². The average Bonchev–Trinajstić information content (AvgIpc) is 2.86. The summed E-state index contributed by atoms with van der Waals surface area (Å²) in [6.45, 7) is 2.10. The van der Waals surface area contributed by atoms with Crippen molar-refractivity contribution in [1.82, 2.24) is 5.32 Å². The minimum Gasteiger partial charge on any atom is -0.317 e. The minimum atomic E-state index is -0.722. The summed E-state index contributed by atoms with van der Waals surface area (Å²) in [5, 5.41) is 3.40. The molecule has 19 heavy (non-hydrogen) atoms. The van der Waals surface area contributed by atoms with Crippen molar-refractivity contribution in [2.75, 3.05) is 12.8 Å². The molecule has 1 N–H and O–H groups in total. The van der Waals surface area contributed by atoms with Crippen LogP contribution in [0.15, 0.2) is 24.3 Å². The number of nitrogens with one attached hydrogen (secondary N) is 1. The van der Waals surface area contributed by atoms with E-state index in [1.165, 1.54) is 30.4 Å². The summed E-state index contributed by atoms with van der Waals surface area (Å²) in [6, 6.07) is 8.92. The van der Waals surface area contributed by atoms with Crippen molar-refractivity contribution in [3.05, 3.63) is 35.4 Å². The molecule has 0 aromatic heterocycles. The number of benzene rings is 1. The summed E-state index contributed by atoms with van der Waals surface area (Å²) < 4.78 is 12.2. The standard InChI is InChI=1S/C16H25NOS/c1-13-6-3-4-7-15(13)12-19(18)11-10-14-8-5-9-16(14)17-2/h3-4,6-7,14,16-17H,5,8-12H2,1-2H3. The molecule has 1 aromatic carbocycles. The smallest absolute Gasteiger partial charge is 0.0488 e. The van der Waals surface area contributed by atoms with Crippen LogP contribution in [0.3, 0.4) is 0 Å². The van der Waals surface area contributed by atoms with Gasteiger partial charge in [-0.3, -0.25) is 4.21 Å². The normalized spacial score (nSPS) is 24.5. The number of hydrogen-bond donors (Lipinski definition) is 1. The third-order valence-corrected chi connectivity index (χ3v) is 5.65. The van der Waals surface area contributed by atoms with Crippen molar-refractivity contribution in [2.24, 2.45) is 5.92 Å². The Balaban J connectivity index is 1.80. The number of rotatable bonds is 6. The third-order valence-electron chi connectivity index (χ3n) is 4.32. The highest BCUT2D eigenvalue weighted by molar-refractivity contribution is 7.84. The van der Waals surface area contributed by atoms with Crippen molar-refractivity contribution >= 4 is 10.8 Å². The topological polar surface area (TPSA) is 29.1 Å². The van der Waals surface area contributed by atoms with E-state index in [4.69, 9.17) is 0 Å². The van der Waals surface area contributed by atoms with Gasteiger partial charge in [-0.05, 0) is 50.3 Å². The second-order valence-corrected chi connectivity index (χ2v) is 7.17. The first kappa shape index (κ1) is 14.7. The fourth-order valence-corrected chi connectivity index (χ4v) is 4.44.